The van der Waals surface area contributed by atoms with Gasteiger partial charge in [0.1, 0.15) is 18.4 Å². The number of nitrogens with zero attached hydrogens (tertiary/aromatic N) is 3. The van der Waals surface area contributed by atoms with E-state index in [0.29, 0.717) is 35.7 Å². The maximum absolute atomic E-state index is 6.57. The number of hydrogen-bond acceptors (Lipinski definition) is 5. The minimum atomic E-state index is -0.133. The monoisotopic (exact) mass is 486 g/mol. The van der Waals surface area contributed by atoms with Crippen LogP contribution >= 0.6 is 23.8 Å². The first-order valence-corrected chi connectivity index (χ1v) is 11.5. The molecule has 0 saturated carbocycles. The quantitative estimate of drug-likeness (QED) is 0.337. The topological polar surface area (TPSA) is 60.8 Å². The van der Waals surface area contributed by atoms with Crippen LogP contribution in [-0.4, -0.2) is 48.7 Å². The van der Waals surface area contributed by atoms with Gasteiger partial charge in [0.2, 0.25) is 0 Å². The molecule has 3 heterocycles. The van der Waals surface area contributed by atoms with E-state index < -0.39 is 0 Å². The lowest BCUT2D eigenvalue weighted by molar-refractivity contribution is 0.146. The van der Waals surface area contributed by atoms with E-state index in [1.807, 2.05) is 42.5 Å². The molecule has 2 aromatic heterocycles. The molecule has 1 aromatic carbocycles. The van der Waals surface area contributed by atoms with Gasteiger partial charge >= 0.3 is 0 Å². The summed E-state index contributed by atoms with van der Waals surface area (Å²) in [4.78, 5) is 6.70. The first-order chi connectivity index (χ1) is 16.1. The molecule has 2 atom stereocenters. The molecule has 9 heteroatoms. The largest absolute Gasteiger partial charge is 0.490 e. The Morgan fingerprint density at radius 1 is 1.06 bits per heavy atom. The Bertz CT molecular complexity index is 1080. The molecule has 0 unspecified atom stereocenters. The molecule has 0 aliphatic carbocycles. The number of hydrogen-bond donors (Lipinski definition) is 1. The highest BCUT2D eigenvalue weighted by atomic mass is 35.5. The number of halogens is 1. The minimum Gasteiger partial charge on any atom is -0.490 e. The lowest BCUT2D eigenvalue weighted by Gasteiger charge is -2.29. The highest BCUT2D eigenvalue weighted by Crippen LogP contribution is 2.43. The average molecular weight is 487 g/mol. The molecule has 1 aliphatic rings. The van der Waals surface area contributed by atoms with Crippen LogP contribution in [0, 0.1) is 0 Å². The number of pyridine rings is 1. The lowest BCUT2D eigenvalue weighted by atomic mass is 10.0. The third-order valence-electron chi connectivity index (χ3n) is 5.54. The third-order valence-corrected chi connectivity index (χ3v) is 6.15. The molecule has 0 amide bonds. The molecular weight excluding hydrogens is 460 g/mol. The van der Waals surface area contributed by atoms with Gasteiger partial charge in [-0.15, -0.1) is 0 Å². The fourth-order valence-corrected chi connectivity index (χ4v) is 4.59. The van der Waals surface area contributed by atoms with Gasteiger partial charge in [-0.25, -0.2) is 0 Å². The predicted molar refractivity (Wildman–Crippen MR) is 133 cm³/mol. The molecule has 1 fully saturated rings. The van der Waals surface area contributed by atoms with Gasteiger partial charge < -0.3 is 29.0 Å². The van der Waals surface area contributed by atoms with E-state index in [1.165, 1.54) is 0 Å². The van der Waals surface area contributed by atoms with Crippen molar-refractivity contribution in [3.05, 3.63) is 77.3 Å². The van der Waals surface area contributed by atoms with Gasteiger partial charge in [0, 0.05) is 44.5 Å². The Hall–Kier alpha value is -2.65. The van der Waals surface area contributed by atoms with Gasteiger partial charge in [-0.1, -0.05) is 17.7 Å². The average Bonchev–Trinajstić information content (AvgIpc) is 3.43. The smallest absolute Gasteiger partial charge is 0.174 e. The molecule has 1 N–H and O–H groups in total. The summed E-state index contributed by atoms with van der Waals surface area (Å²) in [6.07, 6.45) is 3.86. The van der Waals surface area contributed by atoms with Gasteiger partial charge in [-0.2, -0.15) is 0 Å². The molecule has 7 nitrogen and oxygen atoms in total. The van der Waals surface area contributed by atoms with Crippen molar-refractivity contribution in [2.24, 2.45) is 0 Å². The van der Waals surface area contributed by atoms with Gasteiger partial charge in [-0.05, 0) is 54.7 Å². The molecule has 3 aromatic rings. The van der Waals surface area contributed by atoms with Crippen LogP contribution in [0.25, 0.3) is 0 Å². The summed E-state index contributed by atoms with van der Waals surface area (Å²) in [5, 5.41) is 4.60. The van der Waals surface area contributed by atoms with Crippen LogP contribution in [0.2, 0.25) is 5.02 Å². The van der Waals surface area contributed by atoms with Gasteiger partial charge in [0.05, 0.1) is 30.0 Å². The van der Waals surface area contributed by atoms with Crippen molar-refractivity contribution < 1.29 is 14.2 Å². The standard InChI is InChI=1S/C24H27ClN4O3S/c1-30-13-12-28-11-5-7-20(28)23-22(19-6-3-4-10-26-19)27-24(33)29(23)17-8-9-21(18(25)16-17)32-15-14-31-2/h3-11,16,22-23H,12-15H2,1-2H3,(H,27,33)/t22-,23-/m1/s1. The first-order valence-electron chi connectivity index (χ1n) is 10.7. The van der Waals surface area contributed by atoms with Crippen molar-refractivity contribution in [1.29, 1.82) is 0 Å². The third kappa shape index (κ3) is 5.14. The second kappa shape index (κ2) is 11.0. The van der Waals surface area contributed by atoms with Gasteiger partial charge in [-0.3, -0.25) is 4.98 Å². The van der Waals surface area contributed by atoms with Crippen molar-refractivity contribution in [3.8, 4) is 5.75 Å². The maximum Gasteiger partial charge on any atom is 0.174 e. The number of nitrogens with one attached hydrogen (secondary N) is 1. The maximum atomic E-state index is 6.57. The van der Waals surface area contributed by atoms with Crippen molar-refractivity contribution in [1.82, 2.24) is 14.9 Å². The number of benzene rings is 1. The molecule has 174 valence electrons. The van der Waals surface area contributed by atoms with Crippen LogP contribution in [0.4, 0.5) is 5.69 Å². The first kappa shape index (κ1) is 23.5. The predicted octanol–water partition coefficient (Wildman–Crippen LogP) is 4.39. The van der Waals surface area contributed by atoms with Crippen LogP contribution < -0.4 is 15.0 Å². The van der Waals surface area contributed by atoms with Crippen molar-refractivity contribution in [2.45, 2.75) is 18.6 Å². The molecule has 1 saturated heterocycles. The van der Waals surface area contributed by atoms with E-state index in [4.69, 9.17) is 38.0 Å². The number of methoxy groups -OCH3 is 2. The summed E-state index contributed by atoms with van der Waals surface area (Å²) in [5.41, 5.74) is 2.89. The summed E-state index contributed by atoms with van der Waals surface area (Å²) in [6, 6.07) is 15.5. The summed E-state index contributed by atoms with van der Waals surface area (Å²) in [6.45, 7) is 2.26. The highest BCUT2D eigenvalue weighted by Gasteiger charge is 2.42. The summed E-state index contributed by atoms with van der Waals surface area (Å²) >= 11 is 12.4. The van der Waals surface area contributed by atoms with E-state index in [2.05, 4.69) is 32.0 Å². The Labute approximate surface area is 204 Å². The van der Waals surface area contributed by atoms with Crippen molar-refractivity contribution >= 4 is 34.6 Å². The molecular formula is C24H27ClN4O3S. The zero-order chi connectivity index (χ0) is 23.2. The second-order valence-electron chi connectivity index (χ2n) is 7.57. The van der Waals surface area contributed by atoms with E-state index >= 15 is 0 Å². The Morgan fingerprint density at radius 3 is 2.64 bits per heavy atom. The Morgan fingerprint density at radius 2 is 1.91 bits per heavy atom. The van der Waals surface area contributed by atoms with Crippen LogP contribution in [0.3, 0.4) is 0 Å². The van der Waals surface area contributed by atoms with Crippen LogP contribution in [-0.2, 0) is 16.0 Å². The summed E-state index contributed by atoms with van der Waals surface area (Å²) in [5.74, 6) is 0.608. The van der Waals surface area contributed by atoms with E-state index in [9.17, 15) is 0 Å². The number of ether oxygens (including phenoxy) is 3. The van der Waals surface area contributed by atoms with Gasteiger partial charge in [0.15, 0.2) is 5.11 Å². The van der Waals surface area contributed by atoms with E-state index in [1.54, 1.807) is 20.4 Å². The fraction of sp³-hybridized carbons (Fsp3) is 0.333. The van der Waals surface area contributed by atoms with Crippen molar-refractivity contribution in [3.63, 3.8) is 0 Å². The Balaban J connectivity index is 1.72. The lowest BCUT2D eigenvalue weighted by Crippen LogP contribution is -2.30. The molecule has 0 bridgehead atoms. The number of thiocarbonyl (C=S) groups is 1. The van der Waals surface area contributed by atoms with Crippen LogP contribution in [0.5, 0.6) is 5.75 Å². The highest BCUT2D eigenvalue weighted by molar-refractivity contribution is 7.80. The zero-order valence-corrected chi connectivity index (χ0v) is 20.2. The molecule has 1 aliphatic heterocycles. The zero-order valence-electron chi connectivity index (χ0n) is 18.6. The molecule has 33 heavy (non-hydrogen) atoms. The SMILES string of the molecule is COCCOc1ccc(N2C(=S)N[C@H](c3ccccn3)[C@H]2c2cccn2CCOC)cc1Cl. The number of aromatic nitrogens is 2. The number of anilines is 1. The van der Waals surface area contributed by atoms with E-state index in [0.717, 1.165) is 23.6 Å². The minimum absolute atomic E-state index is 0.129. The van der Waals surface area contributed by atoms with Crippen LogP contribution in [0.1, 0.15) is 23.5 Å². The van der Waals surface area contributed by atoms with Crippen LogP contribution in [0.15, 0.2) is 60.9 Å². The Kier molecular flexibility index (Phi) is 7.82. The number of rotatable bonds is 10. The van der Waals surface area contributed by atoms with E-state index in [-0.39, 0.29) is 12.1 Å². The molecule has 4 rings (SSSR count). The van der Waals surface area contributed by atoms with Gasteiger partial charge in [0.25, 0.3) is 0 Å². The van der Waals surface area contributed by atoms with Crippen molar-refractivity contribution in [2.75, 3.05) is 38.9 Å². The summed E-state index contributed by atoms with van der Waals surface area (Å²) < 4.78 is 18.3. The molecule has 0 spiro atoms. The second-order valence-corrected chi connectivity index (χ2v) is 8.37. The normalized spacial score (nSPS) is 17.9. The fourth-order valence-electron chi connectivity index (χ4n) is 4.01. The molecule has 0 radical (unpaired) electrons. The summed E-state index contributed by atoms with van der Waals surface area (Å²) in [7, 11) is 3.34.